The summed E-state index contributed by atoms with van der Waals surface area (Å²) < 4.78 is 5.12. The van der Waals surface area contributed by atoms with E-state index in [0.29, 0.717) is 12.5 Å². The molecule has 3 nitrogen and oxygen atoms in total. The zero-order valence-corrected chi connectivity index (χ0v) is 11.5. The second-order valence-corrected chi connectivity index (χ2v) is 5.72. The predicted molar refractivity (Wildman–Crippen MR) is 74.9 cm³/mol. The Labute approximate surface area is 114 Å². The summed E-state index contributed by atoms with van der Waals surface area (Å²) in [5.41, 5.74) is 0.809. The molecule has 101 valence electrons. The van der Waals surface area contributed by atoms with Crippen LogP contribution in [0, 0.1) is 5.92 Å². The van der Waals surface area contributed by atoms with Crippen LogP contribution in [0.3, 0.4) is 0 Å². The molecule has 1 atom stereocenters. The van der Waals surface area contributed by atoms with Gasteiger partial charge < -0.3 is 4.74 Å². The lowest BCUT2D eigenvalue weighted by Gasteiger charge is -2.37. The number of rotatable bonds is 4. The third-order valence-corrected chi connectivity index (χ3v) is 4.60. The van der Waals surface area contributed by atoms with Crippen LogP contribution in [0.2, 0.25) is 0 Å². The largest absolute Gasteiger partial charge is 0.497 e. The molecule has 19 heavy (non-hydrogen) atoms. The highest BCUT2D eigenvalue weighted by atomic mass is 16.5. The van der Waals surface area contributed by atoms with Crippen LogP contribution in [0.15, 0.2) is 24.3 Å². The molecule has 3 heterocycles. The monoisotopic (exact) mass is 259 g/mol. The Balaban J connectivity index is 1.64. The number of hydrogen-bond donors (Lipinski definition) is 0. The van der Waals surface area contributed by atoms with Gasteiger partial charge in [0.2, 0.25) is 0 Å². The van der Waals surface area contributed by atoms with Crippen molar-refractivity contribution in [1.29, 1.82) is 0 Å². The first kappa shape index (κ1) is 12.7. The number of methoxy groups -OCH3 is 1. The number of hydrogen-bond acceptors (Lipinski definition) is 3. The first-order valence-corrected chi connectivity index (χ1v) is 7.17. The zero-order chi connectivity index (χ0) is 13.2. The Morgan fingerprint density at radius 2 is 1.95 bits per heavy atom. The topological polar surface area (TPSA) is 32.2 Å². The highest BCUT2D eigenvalue weighted by Crippen LogP contribution is 2.32. The molecule has 0 N–H and O–H groups in total. The van der Waals surface area contributed by atoms with Crippen molar-refractivity contribution in [3.8, 4) is 5.75 Å². The first-order chi connectivity index (χ1) is 9.26. The number of benzene rings is 1. The molecule has 3 aliphatic heterocycles. The number of nitrogens with zero attached hydrogens (tertiary/aromatic N) is 1. The Morgan fingerprint density at radius 1 is 1.26 bits per heavy atom. The molecular weight excluding hydrogens is 238 g/mol. The van der Waals surface area contributed by atoms with E-state index in [-0.39, 0.29) is 5.78 Å². The van der Waals surface area contributed by atoms with Crippen molar-refractivity contribution < 1.29 is 9.53 Å². The van der Waals surface area contributed by atoms with Crippen molar-refractivity contribution >= 4 is 5.78 Å². The van der Waals surface area contributed by atoms with Gasteiger partial charge in [-0.15, -0.1) is 0 Å². The summed E-state index contributed by atoms with van der Waals surface area (Å²) in [5, 5.41) is 0. The third-order valence-electron chi connectivity index (χ3n) is 4.60. The van der Waals surface area contributed by atoms with Gasteiger partial charge in [-0.05, 0) is 30.2 Å². The summed E-state index contributed by atoms with van der Waals surface area (Å²) in [6, 6.07) is 7.94. The van der Waals surface area contributed by atoms with E-state index in [2.05, 4.69) is 4.90 Å². The molecule has 1 unspecified atom stereocenters. The zero-order valence-electron chi connectivity index (χ0n) is 11.5. The fourth-order valence-electron chi connectivity index (χ4n) is 3.41. The second-order valence-electron chi connectivity index (χ2n) is 5.72. The number of fused-ring (bicyclic) bond motifs is 3. The van der Waals surface area contributed by atoms with Gasteiger partial charge >= 0.3 is 0 Å². The lowest BCUT2D eigenvalue weighted by atomic mass is 9.81. The second kappa shape index (κ2) is 5.33. The van der Waals surface area contributed by atoms with Gasteiger partial charge in [-0.1, -0.05) is 0 Å². The normalized spacial score (nSPS) is 29.2. The summed E-state index contributed by atoms with van der Waals surface area (Å²) in [6.45, 7) is 2.37. The molecule has 0 aliphatic carbocycles. The highest BCUT2D eigenvalue weighted by Gasteiger charge is 2.42. The van der Waals surface area contributed by atoms with Gasteiger partial charge in [-0.2, -0.15) is 4.90 Å². The maximum Gasteiger partial charge on any atom is 0.168 e. The lowest BCUT2D eigenvalue weighted by molar-refractivity contribution is 0.0852. The number of ketones is 1. The van der Waals surface area contributed by atoms with Crippen LogP contribution < -0.4 is 9.64 Å². The molecule has 3 fully saturated rings. The Kier molecular flexibility index (Phi) is 3.56. The van der Waals surface area contributed by atoms with E-state index in [9.17, 15) is 4.79 Å². The molecule has 3 aliphatic rings. The van der Waals surface area contributed by atoms with Crippen molar-refractivity contribution in [2.45, 2.75) is 31.7 Å². The molecule has 0 aromatic heterocycles. The minimum atomic E-state index is 0.264. The summed E-state index contributed by atoms with van der Waals surface area (Å²) >= 11 is 0. The maximum atomic E-state index is 12.3. The minimum Gasteiger partial charge on any atom is -0.497 e. The fraction of sp³-hybridized carbons (Fsp3) is 0.562. The first-order valence-electron chi connectivity index (χ1n) is 7.17. The van der Waals surface area contributed by atoms with Gasteiger partial charge in [0.1, 0.15) is 24.9 Å². The molecule has 2 bridgehead atoms. The molecule has 3 saturated heterocycles. The fourth-order valence-corrected chi connectivity index (χ4v) is 3.41. The van der Waals surface area contributed by atoms with Gasteiger partial charge in [0.15, 0.2) is 5.78 Å². The smallest absolute Gasteiger partial charge is 0.168 e. The Morgan fingerprint density at radius 3 is 2.47 bits per heavy atom. The third kappa shape index (κ3) is 2.66. The molecular formula is C16H21NO2+. The average molecular weight is 259 g/mol. The van der Waals surface area contributed by atoms with Crippen LogP contribution in [0.25, 0.3) is 0 Å². The highest BCUT2D eigenvalue weighted by molar-refractivity contribution is 5.96. The van der Waals surface area contributed by atoms with E-state index < -0.39 is 0 Å². The van der Waals surface area contributed by atoms with Crippen LogP contribution in [-0.4, -0.2) is 32.0 Å². The van der Waals surface area contributed by atoms with Gasteiger partial charge in [0, 0.05) is 24.8 Å². The summed E-state index contributed by atoms with van der Waals surface area (Å²) in [5.74, 6) is 1.93. The molecule has 0 spiro atoms. The van der Waals surface area contributed by atoms with Crippen molar-refractivity contribution in [3.05, 3.63) is 29.8 Å². The standard InChI is InChI=1S/C16H21NO2/c1-19-15-4-2-13(3-5-15)16(18)11-14-10-12-6-8-17(14)9-7-12/h2-5,12,14H,6-11H2,1H3/q+1. The molecule has 1 radical (unpaired) electrons. The van der Waals surface area contributed by atoms with Crippen molar-refractivity contribution in [3.63, 3.8) is 0 Å². The van der Waals surface area contributed by atoms with E-state index in [1.807, 2.05) is 24.3 Å². The van der Waals surface area contributed by atoms with Crippen molar-refractivity contribution in [2.75, 3.05) is 20.2 Å². The van der Waals surface area contributed by atoms with Crippen LogP contribution >= 0.6 is 0 Å². The van der Waals surface area contributed by atoms with Gasteiger partial charge in [0.05, 0.1) is 13.5 Å². The Bertz CT molecular complexity index is 446. The molecule has 1 aromatic carbocycles. The SMILES string of the molecule is COc1ccc(C(=O)CC2CC3CC[N+]2CC3)cc1. The maximum absolute atomic E-state index is 12.3. The number of piperidine rings is 3. The van der Waals surface area contributed by atoms with E-state index in [4.69, 9.17) is 4.74 Å². The number of Topliss-reactive ketones (excluding diaryl/α,β-unsaturated/α-hetero) is 1. The van der Waals surface area contributed by atoms with E-state index in [1.165, 1.54) is 32.4 Å². The molecule has 1 aromatic rings. The number of carbonyl (C=O) groups excluding carboxylic acids is 1. The van der Waals surface area contributed by atoms with Crippen molar-refractivity contribution in [2.24, 2.45) is 5.92 Å². The molecule has 0 amide bonds. The van der Waals surface area contributed by atoms with Gasteiger partial charge in [-0.25, -0.2) is 0 Å². The Hall–Kier alpha value is -1.35. The molecule has 4 rings (SSSR count). The van der Waals surface area contributed by atoms with Crippen LogP contribution in [0.4, 0.5) is 0 Å². The summed E-state index contributed by atoms with van der Waals surface area (Å²) in [6.07, 6.45) is 4.53. The van der Waals surface area contributed by atoms with Gasteiger partial charge in [0.25, 0.3) is 0 Å². The van der Waals surface area contributed by atoms with E-state index in [1.54, 1.807) is 7.11 Å². The van der Waals surface area contributed by atoms with Crippen LogP contribution in [0.5, 0.6) is 5.75 Å². The predicted octanol–water partition coefficient (Wildman–Crippen LogP) is 2.59. The summed E-state index contributed by atoms with van der Waals surface area (Å²) in [4.78, 5) is 14.8. The molecule has 3 heteroatoms. The van der Waals surface area contributed by atoms with E-state index >= 15 is 0 Å². The molecule has 0 saturated carbocycles. The van der Waals surface area contributed by atoms with Gasteiger partial charge in [-0.3, -0.25) is 4.79 Å². The van der Waals surface area contributed by atoms with Crippen molar-refractivity contribution in [1.82, 2.24) is 4.90 Å². The number of ether oxygens (including phenoxy) is 1. The quantitative estimate of drug-likeness (QED) is 0.615. The van der Waals surface area contributed by atoms with E-state index in [0.717, 1.165) is 17.2 Å². The number of carbonyl (C=O) groups is 1. The minimum absolute atomic E-state index is 0.264. The summed E-state index contributed by atoms with van der Waals surface area (Å²) in [7, 11) is 1.64. The average Bonchev–Trinajstić information content (AvgIpc) is 2.48. The lowest BCUT2D eigenvalue weighted by Crippen LogP contribution is -2.53. The van der Waals surface area contributed by atoms with Crippen LogP contribution in [0.1, 0.15) is 36.0 Å². The van der Waals surface area contributed by atoms with Crippen LogP contribution in [-0.2, 0) is 0 Å².